The highest BCUT2D eigenvalue weighted by Crippen LogP contribution is 1.99. The quantitative estimate of drug-likeness (QED) is 0.775. The van der Waals surface area contributed by atoms with Crippen LogP contribution >= 0.6 is 0 Å². The van der Waals surface area contributed by atoms with Gasteiger partial charge in [-0.25, -0.2) is 4.79 Å². The number of hydrogen-bond donors (Lipinski definition) is 0. The lowest BCUT2D eigenvalue weighted by Gasteiger charge is -2.00. The van der Waals surface area contributed by atoms with Crippen LogP contribution in [0.25, 0.3) is 0 Å². The molecular weight excluding hydrogens is 216 g/mol. The van der Waals surface area contributed by atoms with Crippen LogP contribution in [0.3, 0.4) is 0 Å². The molecule has 0 spiro atoms. The summed E-state index contributed by atoms with van der Waals surface area (Å²) >= 11 is 0. The summed E-state index contributed by atoms with van der Waals surface area (Å²) in [6, 6.07) is 0. The molecule has 2 rings (SSSR count). The summed E-state index contributed by atoms with van der Waals surface area (Å²) in [6.45, 7) is 3.57. The lowest BCUT2D eigenvalue weighted by atomic mass is 10.2. The van der Waals surface area contributed by atoms with Gasteiger partial charge in [0.15, 0.2) is 0 Å². The van der Waals surface area contributed by atoms with Gasteiger partial charge in [-0.1, -0.05) is 6.92 Å². The maximum Gasteiger partial charge on any atom is 0.328 e. The van der Waals surface area contributed by atoms with Gasteiger partial charge in [0.05, 0.1) is 6.20 Å². The fraction of sp³-hybridized carbons (Fsp3) is 0.500. The van der Waals surface area contributed by atoms with Gasteiger partial charge in [-0.2, -0.15) is 5.10 Å². The normalized spacial score (nSPS) is 10.9. The second kappa shape index (κ2) is 5.03. The first-order chi connectivity index (χ1) is 8.20. The number of aromatic nitrogens is 4. The Bertz CT molecular complexity index is 535. The van der Waals surface area contributed by atoms with Crippen molar-refractivity contribution in [3.8, 4) is 0 Å². The van der Waals surface area contributed by atoms with Crippen LogP contribution in [0.5, 0.6) is 0 Å². The molecule has 92 valence electrons. The van der Waals surface area contributed by atoms with Crippen molar-refractivity contribution >= 4 is 0 Å². The van der Waals surface area contributed by atoms with E-state index in [1.165, 1.54) is 0 Å². The Hall–Kier alpha value is -1.78. The Morgan fingerprint density at radius 2 is 1.94 bits per heavy atom. The molecule has 5 nitrogen and oxygen atoms in total. The molecule has 2 aromatic rings. The minimum atomic E-state index is 0.0794. The maximum absolute atomic E-state index is 11.9. The Morgan fingerprint density at radius 3 is 2.53 bits per heavy atom. The number of imidazole rings is 1. The predicted octanol–water partition coefficient (Wildman–Crippen LogP) is 1.04. The molecule has 2 aromatic heterocycles. The summed E-state index contributed by atoms with van der Waals surface area (Å²) in [5.74, 6) is 0. The third-order valence-electron chi connectivity index (χ3n) is 2.78. The van der Waals surface area contributed by atoms with Gasteiger partial charge in [-0.15, -0.1) is 0 Å². The average molecular weight is 234 g/mol. The summed E-state index contributed by atoms with van der Waals surface area (Å²) in [7, 11) is 1.90. The minimum Gasteiger partial charge on any atom is -0.299 e. The van der Waals surface area contributed by atoms with Gasteiger partial charge in [0.1, 0.15) is 0 Å². The van der Waals surface area contributed by atoms with Crippen LogP contribution in [0.15, 0.2) is 29.6 Å². The Labute approximate surface area is 100 Å². The molecule has 0 aliphatic carbocycles. The van der Waals surface area contributed by atoms with Crippen molar-refractivity contribution in [2.45, 2.75) is 32.9 Å². The molecule has 0 atom stereocenters. The Kier molecular flexibility index (Phi) is 3.46. The molecular formula is C12H18N4O. The van der Waals surface area contributed by atoms with Gasteiger partial charge in [0.2, 0.25) is 0 Å². The van der Waals surface area contributed by atoms with Crippen LogP contribution in [0, 0.1) is 0 Å². The van der Waals surface area contributed by atoms with Crippen LogP contribution in [0.2, 0.25) is 0 Å². The number of aryl methyl sites for hydroxylation is 4. The van der Waals surface area contributed by atoms with Gasteiger partial charge in [-0.05, 0) is 18.4 Å². The van der Waals surface area contributed by atoms with Crippen LogP contribution < -0.4 is 5.69 Å². The summed E-state index contributed by atoms with van der Waals surface area (Å²) in [5.41, 5.74) is 1.23. The van der Waals surface area contributed by atoms with E-state index >= 15 is 0 Å². The van der Waals surface area contributed by atoms with E-state index in [0.717, 1.165) is 24.9 Å². The molecule has 5 heteroatoms. The zero-order chi connectivity index (χ0) is 12.3. The molecule has 0 amide bonds. The fourth-order valence-electron chi connectivity index (χ4n) is 1.89. The molecule has 0 aromatic carbocycles. The minimum absolute atomic E-state index is 0.0794. The van der Waals surface area contributed by atoms with Gasteiger partial charge in [0, 0.05) is 38.7 Å². The van der Waals surface area contributed by atoms with Crippen LogP contribution in [0.4, 0.5) is 0 Å². The Balaban J connectivity index is 2.02. The number of rotatable bonds is 5. The van der Waals surface area contributed by atoms with E-state index in [9.17, 15) is 4.79 Å². The second-order valence-electron chi connectivity index (χ2n) is 4.24. The standard InChI is InChI=1S/C12H18N4O/c1-3-5-15-7-8-16(12(15)17)6-4-11-9-13-14(2)10-11/h7-10H,3-6H2,1-2H3. The second-order valence-corrected chi connectivity index (χ2v) is 4.24. The van der Waals surface area contributed by atoms with Gasteiger partial charge < -0.3 is 0 Å². The number of nitrogens with zero attached hydrogens (tertiary/aromatic N) is 4. The van der Waals surface area contributed by atoms with Crippen LogP contribution in [0.1, 0.15) is 18.9 Å². The van der Waals surface area contributed by atoms with Crippen molar-refractivity contribution in [3.05, 3.63) is 40.8 Å². The highest BCUT2D eigenvalue weighted by Gasteiger charge is 2.03. The lowest BCUT2D eigenvalue weighted by molar-refractivity contribution is 0.601. The van der Waals surface area contributed by atoms with Crippen molar-refractivity contribution in [3.63, 3.8) is 0 Å². The largest absolute Gasteiger partial charge is 0.328 e. The van der Waals surface area contributed by atoms with Crippen LogP contribution in [-0.2, 0) is 26.6 Å². The van der Waals surface area contributed by atoms with Crippen molar-refractivity contribution in [2.24, 2.45) is 7.05 Å². The van der Waals surface area contributed by atoms with Gasteiger partial charge in [0.25, 0.3) is 0 Å². The highest BCUT2D eigenvalue weighted by atomic mass is 16.1. The van der Waals surface area contributed by atoms with Crippen molar-refractivity contribution in [1.82, 2.24) is 18.9 Å². The summed E-state index contributed by atoms with van der Waals surface area (Å²) in [4.78, 5) is 11.9. The average Bonchev–Trinajstić information content (AvgIpc) is 2.86. The first-order valence-electron chi connectivity index (χ1n) is 5.94. The van der Waals surface area contributed by atoms with E-state index < -0.39 is 0 Å². The number of hydrogen-bond acceptors (Lipinski definition) is 2. The molecule has 0 saturated heterocycles. The highest BCUT2D eigenvalue weighted by molar-refractivity contribution is 5.03. The molecule has 0 fully saturated rings. The fourth-order valence-corrected chi connectivity index (χ4v) is 1.89. The summed E-state index contributed by atoms with van der Waals surface area (Å²) < 4.78 is 5.28. The van der Waals surface area contributed by atoms with Crippen molar-refractivity contribution < 1.29 is 0 Å². The zero-order valence-corrected chi connectivity index (χ0v) is 10.3. The SMILES string of the molecule is CCCn1ccn(CCc2cnn(C)c2)c1=O. The zero-order valence-electron chi connectivity index (χ0n) is 10.3. The maximum atomic E-state index is 11.9. The van der Waals surface area contributed by atoms with Crippen molar-refractivity contribution in [2.75, 3.05) is 0 Å². The topological polar surface area (TPSA) is 44.8 Å². The van der Waals surface area contributed by atoms with Crippen LogP contribution in [-0.4, -0.2) is 18.9 Å². The smallest absolute Gasteiger partial charge is 0.299 e. The molecule has 0 N–H and O–H groups in total. The third-order valence-corrected chi connectivity index (χ3v) is 2.78. The third kappa shape index (κ3) is 2.67. The predicted molar refractivity (Wildman–Crippen MR) is 65.9 cm³/mol. The Morgan fingerprint density at radius 1 is 1.24 bits per heavy atom. The van der Waals surface area contributed by atoms with E-state index in [2.05, 4.69) is 12.0 Å². The monoisotopic (exact) mass is 234 g/mol. The molecule has 0 unspecified atom stereocenters. The van der Waals surface area contributed by atoms with E-state index in [1.807, 2.05) is 31.8 Å². The van der Waals surface area contributed by atoms with E-state index in [0.29, 0.717) is 6.54 Å². The van der Waals surface area contributed by atoms with E-state index in [1.54, 1.807) is 13.8 Å². The van der Waals surface area contributed by atoms with E-state index in [-0.39, 0.29) is 5.69 Å². The first-order valence-corrected chi connectivity index (χ1v) is 5.94. The molecule has 2 heterocycles. The van der Waals surface area contributed by atoms with Gasteiger partial charge in [-0.3, -0.25) is 13.8 Å². The molecule has 0 saturated carbocycles. The first kappa shape index (κ1) is 11.7. The summed E-state index contributed by atoms with van der Waals surface area (Å²) in [6.07, 6.45) is 9.35. The van der Waals surface area contributed by atoms with Gasteiger partial charge >= 0.3 is 5.69 Å². The van der Waals surface area contributed by atoms with Crippen molar-refractivity contribution in [1.29, 1.82) is 0 Å². The summed E-state index contributed by atoms with van der Waals surface area (Å²) in [5, 5.41) is 4.11. The molecule has 0 radical (unpaired) electrons. The molecule has 0 bridgehead atoms. The molecule has 0 aliphatic heterocycles. The molecule has 17 heavy (non-hydrogen) atoms. The lowest BCUT2D eigenvalue weighted by Crippen LogP contribution is -2.24. The molecule has 0 aliphatic rings. The van der Waals surface area contributed by atoms with E-state index in [4.69, 9.17) is 0 Å².